The fraction of sp³-hybridized carbons (Fsp3) is 0.385. The number of nitrogens with one attached hydrogen (secondary N) is 1. The minimum Gasteiger partial charge on any atom is -0.481 e. The summed E-state index contributed by atoms with van der Waals surface area (Å²) in [5.74, 6) is -1.60. The summed E-state index contributed by atoms with van der Waals surface area (Å²) in [5, 5.41) is 10.8. The van der Waals surface area contributed by atoms with Crippen molar-refractivity contribution >= 4 is 41.6 Å². The average molecular weight is 375 g/mol. The molecule has 0 aliphatic heterocycles. The van der Waals surface area contributed by atoms with E-state index in [4.69, 9.17) is 16.7 Å². The van der Waals surface area contributed by atoms with Crippen LogP contribution in [-0.4, -0.2) is 42.0 Å². The lowest BCUT2D eigenvalue weighted by atomic mass is 10.2. The molecule has 0 aliphatic rings. The Morgan fingerprint density at radius 3 is 2.48 bits per heavy atom. The van der Waals surface area contributed by atoms with Crippen LogP contribution < -0.4 is 5.32 Å². The molecule has 0 fully saturated rings. The van der Waals surface area contributed by atoms with Crippen LogP contribution in [-0.2, 0) is 15.8 Å². The van der Waals surface area contributed by atoms with E-state index in [1.165, 1.54) is 11.9 Å². The third-order valence-corrected chi connectivity index (χ3v) is 3.02. The van der Waals surface area contributed by atoms with E-state index in [1.807, 2.05) is 0 Å². The maximum absolute atomic E-state index is 12.6. The molecule has 0 saturated carbocycles. The van der Waals surface area contributed by atoms with Crippen molar-refractivity contribution in [3.8, 4) is 0 Å². The van der Waals surface area contributed by atoms with Gasteiger partial charge in [0.1, 0.15) is 0 Å². The van der Waals surface area contributed by atoms with Crippen molar-refractivity contribution in [2.45, 2.75) is 12.6 Å². The van der Waals surface area contributed by atoms with Crippen molar-refractivity contribution in [1.82, 2.24) is 4.90 Å². The lowest BCUT2D eigenvalue weighted by molar-refractivity contribution is -0.138. The van der Waals surface area contributed by atoms with E-state index in [9.17, 15) is 22.8 Å². The average Bonchev–Trinajstić information content (AvgIpc) is 2.37. The second-order valence-electron chi connectivity index (χ2n) is 4.62. The Kier molecular flexibility index (Phi) is 8.36. The summed E-state index contributed by atoms with van der Waals surface area (Å²) in [6.45, 7) is -0.0288. The van der Waals surface area contributed by atoms with Gasteiger partial charge in [0.2, 0.25) is 5.91 Å². The van der Waals surface area contributed by atoms with Gasteiger partial charge in [-0.2, -0.15) is 13.2 Å². The highest BCUT2D eigenvalue weighted by molar-refractivity contribution is 6.33. The molecule has 23 heavy (non-hydrogen) atoms. The number of amides is 1. The molecule has 1 amide bonds. The number of carboxylic acids is 1. The highest BCUT2D eigenvalue weighted by Gasteiger charge is 2.31. The summed E-state index contributed by atoms with van der Waals surface area (Å²) in [4.78, 5) is 23.6. The predicted octanol–water partition coefficient (Wildman–Crippen LogP) is 3.13. The van der Waals surface area contributed by atoms with Gasteiger partial charge in [0.25, 0.3) is 0 Å². The predicted molar refractivity (Wildman–Crippen MR) is 82.1 cm³/mol. The Labute approximate surface area is 141 Å². The van der Waals surface area contributed by atoms with Gasteiger partial charge in [0.05, 0.1) is 29.2 Å². The van der Waals surface area contributed by atoms with Gasteiger partial charge in [-0.15, -0.1) is 12.4 Å². The van der Waals surface area contributed by atoms with Gasteiger partial charge in [-0.3, -0.25) is 14.5 Å². The normalized spacial score (nSPS) is 11.0. The van der Waals surface area contributed by atoms with E-state index in [2.05, 4.69) is 5.32 Å². The Morgan fingerprint density at radius 2 is 1.96 bits per heavy atom. The zero-order valence-corrected chi connectivity index (χ0v) is 13.6. The highest BCUT2D eigenvalue weighted by Crippen LogP contribution is 2.33. The molecule has 0 aromatic heterocycles. The van der Waals surface area contributed by atoms with Crippen molar-refractivity contribution in [2.75, 3.05) is 25.5 Å². The molecule has 0 aliphatic carbocycles. The maximum Gasteiger partial charge on any atom is 0.416 e. The minimum absolute atomic E-state index is 0. The number of benzene rings is 1. The van der Waals surface area contributed by atoms with E-state index < -0.39 is 23.6 Å². The molecule has 1 aromatic rings. The number of alkyl halides is 3. The van der Waals surface area contributed by atoms with Crippen LogP contribution in [0.4, 0.5) is 18.9 Å². The van der Waals surface area contributed by atoms with E-state index in [-0.39, 0.29) is 42.6 Å². The molecule has 130 valence electrons. The first kappa shape index (κ1) is 21.5. The minimum atomic E-state index is -4.54. The molecule has 2 N–H and O–H groups in total. The number of rotatable bonds is 6. The summed E-state index contributed by atoms with van der Waals surface area (Å²) < 4.78 is 37.8. The summed E-state index contributed by atoms with van der Waals surface area (Å²) in [7, 11) is 1.52. The molecular weight excluding hydrogens is 360 g/mol. The van der Waals surface area contributed by atoms with Gasteiger partial charge < -0.3 is 10.4 Å². The van der Waals surface area contributed by atoms with Gasteiger partial charge >= 0.3 is 12.1 Å². The smallest absolute Gasteiger partial charge is 0.416 e. The number of carbonyl (C=O) groups excluding carboxylic acids is 1. The monoisotopic (exact) mass is 374 g/mol. The van der Waals surface area contributed by atoms with Crippen molar-refractivity contribution in [3.05, 3.63) is 28.8 Å². The van der Waals surface area contributed by atoms with Crippen LogP contribution in [0.2, 0.25) is 5.02 Å². The largest absolute Gasteiger partial charge is 0.481 e. The van der Waals surface area contributed by atoms with Crippen LogP contribution in [0.3, 0.4) is 0 Å². The summed E-state index contributed by atoms with van der Waals surface area (Å²) >= 11 is 5.76. The third kappa shape index (κ3) is 7.54. The number of aliphatic carboxylic acids is 1. The number of halogens is 5. The SMILES string of the molecule is CN(CCC(=O)O)CC(=O)Nc1cc(C(F)(F)F)ccc1Cl.Cl. The van der Waals surface area contributed by atoms with Gasteiger partial charge in [0, 0.05) is 6.54 Å². The summed E-state index contributed by atoms with van der Waals surface area (Å²) in [5.41, 5.74) is -1.07. The molecular formula is C13H15Cl2F3N2O3. The number of hydrogen-bond acceptors (Lipinski definition) is 3. The molecule has 1 rings (SSSR count). The quantitative estimate of drug-likeness (QED) is 0.802. The van der Waals surface area contributed by atoms with E-state index in [1.54, 1.807) is 0 Å². The Balaban J connectivity index is 0.00000484. The van der Waals surface area contributed by atoms with Gasteiger partial charge in [-0.05, 0) is 25.2 Å². The zero-order valence-electron chi connectivity index (χ0n) is 12.0. The van der Waals surface area contributed by atoms with E-state index in [0.29, 0.717) is 0 Å². The van der Waals surface area contributed by atoms with E-state index in [0.717, 1.165) is 18.2 Å². The van der Waals surface area contributed by atoms with Gasteiger partial charge in [0.15, 0.2) is 0 Å². The molecule has 1 aromatic carbocycles. The van der Waals surface area contributed by atoms with Crippen LogP contribution in [0.15, 0.2) is 18.2 Å². The number of hydrogen-bond donors (Lipinski definition) is 2. The number of anilines is 1. The standard InChI is InChI=1S/C13H14ClF3N2O3.ClH/c1-19(5-4-12(21)22)7-11(20)18-10-6-8(13(15,16)17)2-3-9(10)14;/h2-3,6H,4-5,7H2,1H3,(H,18,20)(H,21,22);1H. The van der Waals surface area contributed by atoms with E-state index >= 15 is 0 Å². The zero-order chi connectivity index (χ0) is 16.9. The maximum atomic E-state index is 12.6. The Hall–Kier alpha value is -1.51. The molecule has 0 unspecified atom stereocenters. The lowest BCUT2D eigenvalue weighted by Gasteiger charge is -2.16. The van der Waals surface area contributed by atoms with Crippen molar-refractivity contribution in [1.29, 1.82) is 0 Å². The first-order valence-electron chi connectivity index (χ1n) is 6.16. The first-order chi connectivity index (χ1) is 10.1. The van der Waals surface area contributed by atoms with Gasteiger partial charge in [-0.25, -0.2) is 0 Å². The second-order valence-corrected chi connectivity index (χ2v) is 5.03. The Bertz CT molecular complexity index is 568. The molecule has 0 spiro atoms. The summed E-state index contributed by atoms with van der Waals surface area (Å²) in [6, 6.07) is 2.61. The van der Waals surface area contributed by atoms with Crippen LogP contribution in [0.5, 0.6) is 0 Å². The molecule has 0 saturated heterocycles. The number of likely N-dealkylation sites (N-methyl/N-ethyl adjacent to an activating group) is 1. The fourth-order valence-electron chi connectivity index (χ4n) is 1.60. The molecule has 0 heterocycles. The molecule has 0 bridgehead atoms. The summed E-state index contributed by atoms with van der Waals surface area (Å²) in [6.07, 6.45) is -4.68. The fourth-order valence-corrected chi connectivity index (χ4v) is 1.76. The molecule has 0 atom stereocenters. The highest BCUT2D eigenvalue weighted by atomic mass is 35.5. The molecule has 10 heteroatoms. The molecule has 0 radical (unpaired) electrons. The van der Waals surface area contributed by atoms with Crippen LogP contribution in [0, 0.1) is 0 Å². The van der Waals surface area contributed by atoms with Gasteiger partial charge in [-0.1, -0.05) is 11.6 Å². The van der Waals surface area contributed by atoms with Crippen LogP contribution in [0.1, 0.15) is 12.0 Å². The van der Waals surface area contributed by atoms with Crippen molar-refractivity contribution in [3.63, 3.8) is 0 Å². The molecule has 5 nitrogen and oxygen atoms in total. The van der Waals surface area contributed by atoms with Crippen molar-refractivity contribution in [2.24, 2.45) is 0 Å². The van der Waals surface area contributed by atoms with Crippen LogP contribution in [0.25, 0.3) is 0 Å². The number of carbonyl (C=O) groups is 2. The van der Waals surface area contributed by atoms with Crippen molar-refractivity contribution < 1.29 is 27.9 Å². The number of carboxylic acid groups (broad SMARTS) is 1. The topological polar surface area (TPSA) is 69.6 Å². The number of nitrogens with zero attached hydrogens (tertiary/aromatic N) is 1. The lowest BCUT2D eigenvalue weighted by Crippen LogP contribution is -2.31. The first-order valence-corrected chi connectivity index (χ1v) is 6.54. The third-order valence-electron chi connectivity index (χ3n) is 2.69. The van der Waals surface area contributed by atoms with Crippen LogP contribution >= 0.6 is 24.0 Å². The second kappa shape index (κ2) is 8.95. The Morgan fingerprint density at radius 1 is 1.35 bits per heavy atom.